The van der Waals surface area contributed by atoms with Gasteiger partial charge in [0.15, 0.2) is 5.16 Å². The summed E-state index contributed by atoms with van der Waals surface area (Å²) in [5.74, 6) is 0.170. The second-order valence-corrected chi connectivity index (χ2v) is 4.25. The van der Waals surface area contributed by atoms with Crippen LogP contribution in [0.15, 0.2) is 39.4 Å². The van der Waals surface area contributed by atoms with Crippen molar-refractivity contribution in [3.8, 4) is 0 Å². The molecule has 0 atom stereocenters. The SMILES string of the molecule is Nc1cc(=O)[nH]c(Sc2ccc(CO)cn2)n1. The number of hydrogen-bond acceptors (Lipinski definition) is 6. The van der Waals surface area contributed by atoms with Crippen LogP contribution < -0.4 is 11.3 Å². The van der Waals surface area contributed by atoms with E-state index >= 15 is 0 Å². The van der Waals surface area contributed by atoms with E-state index in [1.807, 2.05) is 0 Å². The van der Waals surface area contributed by atoms with Crippen LogP contribution in [0.2, 0.25) is 0 Å². The molecule has 0 unspecified atom stereocenters. The summed E-state index contributed by atoms with van der Waals surface area (Å²) in [6.45, 7) is -0.0503. The summed E-state index contributed by atoms with van der Waals surface area (Å²) < 4.78 is 0. The fourth-order valence-corrected chi connectivity index (χ4v) is 1.91. The van der Waals surface area contributed by atoms with Crippen LogP contribution in [0.25, 0.3) is 0 Å². The first-order valence-electron chi connectivity index (χ1n) is 4.78. The Bertz CT molecular complexity index is 567. The highest BCUT2D eigenvalue weighted by molar-refractivity contribution is 7.99. The van der Waals surface area contributed by atoms with E-state index < -0.39 is 0 Å². The number of pyridine rings is 1. The number of nitrogens with two attached hydrogens (primary N) is 1. The summed E-state index contributed by atoms with van der Waals surface area (Å²) in [5, 5.41) is 9.92. The molecule has 2 rings (SSSR count). The van der Waals surface area contributed by atoms with Crippen LogP contribution in [0, 0.1) is 0 Å². The monoisotopic (exact) mass is 250 g/mol. The number of rotatable bonds is 3. The molecule has 0 fully saturated rings. The van der Waals surface area contributed by atoms with Gasteiger partial charge >= 0.3 is 0 Å². The zero-order valence-electron chi connectivity index (χ0n) is 8.75. The highest BCUT2D eigenvalue weighted by Crippen LogP contribution is 2.21. The van der Waals surface area contributed by atoms with Gasteiger partial charge in [-0.3, -0.25) is 4.79 Å². The molecule has 0 saturated heterocycles. The van der Waals surface area contributed by atoms with Crippen molar-refractivity contribution < 1.29 is 5.11 Å². The quantitative estimate of drug-likeness (QED) is 0.681. The number of H-pyrrole nitrogens is 1. The van der Waals surface area contributed by atoms with E-state index in [2.05, 4.69) is 15.0 Å². The van der Waals surface area contributed by atoms with Gasteiger partial charge in [0.05, 0.1) is 6.61 Å². The molecule has 4 N–H and O–H groups in total. The lowest BCUT2D eigenvalue weighted by Gasteiger charge is -2.01. The van der Waals surface area contributed by atoms with E-state index in [0.29, 0.717) is 10.2 Å². The maximum atomic E-state index is 11.2. The van der Waals surface area contributed by atoms with Crippen LogP contribution in [0.5, 0.6) is 0 Å². The van der Waals surface area contributed by atoms with Crippen LogP contribution in [-0.2, 0) is 6.61 Å². The first-order valence-corrected chi connectivity index (χ1v) is 5.59. The summed E-state index contributed by atoms with van der Waals surface area (Å²) >= 11 is 1.20. The van der Waals surface area contributed by atoms with Gasteiger partial charge in [-0.05, 0) is 23.4 Å². The number of aliphatic hydroxyl groups is 1. The van der Waals surface area contributed by atoms with E-state index in [1.54, 1.807) is 18.3 Å². The lowest BCUT2D eigenvalue weighted by Crippen LogP contribution is -2.09. The number of anilines is 1. The smallest absolute Gasteiger partial charge is 0.253 e. The van der Waals surface area contributed by atoms with Crippen molar-refractivity contribution >= 4 is 17.6 Å². The van der Waals surface area contributed by atoms with Gasteiger partial charge in [-0.2, -0.15) is 0 Å². The molecule has 0 spiro atoms. The van der Waals surface area contributed by atoms with Gasteiger partial charge < -0.3 is 15.8 Å². The lowest BCUT2D eigenvalue weighted by atomic mass is 10.3. The van der Waals surface area contributed by atoms with Crippen molar-refractivity contribution in [3.63, 3.8) is 0 Å². The average molecular weight is 250 g/mol. The predicted molar refractivity (Wildman–Crippen MR) is 63.6 cm³/mol. The minimum absolute atomic E-state index is 0.0503. The molecule has 0 amide bonds. The zero-order chi connectivity index (χ0) is 12.3. The molecule has 2 heterocycles. The van der Waals surface area contributed by atoms with Crippen LogP contribution in [0.3, 0.4) is 0 Å². The summed E-state index contributed by atoms with van der Waals surface area (Å²) in [4.78, 5) is 21.8. The second-order valence-electron chi connectivity index (χ2n) is 3.24. The fraction of sp³-hybridized carbons (Fsp3) is 0.100. The van der Waals surface area contributed by atoms with Crippen molar-refractivity contribution in [2.75, 3.05) is 5.73 Å². The molecule has 6 nitrogen and oxygen atoms in total. The van der Waals surface area contributed by atoms with Crippen molar-refractivity contribution in [2.24, 2.45) is 0 Å². The Labute approximate surface area is 101 Å². The molecule has 2 aromatic rings. The van der Waals surface area contributed by atoms with Crippen LogP contribution in [0.4, 0.5) is 5.82 Å². The number of hydrogen-bond donors (Lipinski definition) is 3. The maximum Gasteiger partial charge on any atom is 0.253 e. The van der Waals surface area contributed by atoms with E-state index in [4.69, 9.17) is 10.8 Å². The van der Waals surface area contributed by atoms with Gasteiger partial charge in [0.2, 0.25) is 0 Å². The topological polar surface area (TPSA) is 105 Å². The minimum atomic E-state index is -0.299. The fourth-order valence-electron chi connectivity index (χ4n) is 1.17. The Morgan fingerprint density at radius 3 is 2.88 bits per heavy atom. The molecule has 0 aliphatic rings. The molecule has 0 saturated carbocycles. The largest absolute Gasteiger partial charge is 0.392 e. The van der Waals surface area contributed by atoms with E-state index in [9.17, 15) is 4.79 Å². The van der Waals surface area contributed by atoms with E-state index in [1.165, 1.54) is 17.8 Å². The van der Waals surface area contributed by atoms with Crippen molar-refractivity contribution in [1.82, 2.24) is 15.0 Å². The van der Waals surface area contributed by atoms with Gasteiger partial charge in [0.1, 0.15) is 10.8 Å². The molecule has 0 aromatic carbocycles. The number of aromatic amines is 1. The number of aliphatic hydroxyl groups excluding tert-OH is 1. The Hall–Kier alpha value is -1.86. The first-order chi connectivity index (χ1) is 8.17. The predicted octanol–water partition coefficient (Wildman–Crippen LogP) is 0.391. The standard InChI is InChI=1S/C10H10N4O2S/c11-7-3-8(16)14-10(13-7)17-9-2-1-6(5-15)4-12-9/h1-4,15H,5H2,(H3,11,13,14,16). The number of nitrogens with one attached hydrogen (secondary N) is 1. The van der Waals surface area contributed by atoms with Crippen molar-refractivity contribution in [2.45, 2.75) is 16.8 Å². The summed E-state index contributed by atoms with van der Waals surface area (Å²) in [7, 11) is 0. The molecule has 2 aromatic heterocycles. The summed E-state index contributed by atoms with van der Waals surface area (Å²) in [6, 6.07) is 4.70. The highest BCUT2D eigenvalue weighted by atomic mass is 32.2. The van der Waals surface area contributed by atoms with E-state index in [-0.39, 0.29) is 18.0 Å². The van der Waals surface area contributed by atoms with Crippen molar-refractivity contribution in [3.05, 3.63) is 40.3 Å². The second kappa shape index (κ2) is 4.98. The van der Waals surface area contributed by atoms with Gasteiger partial charge in [-0.15, -0.1) is 0 Å². The highest BCUT2D eigenvalue weighted by Gasteiger charge is 2.03. The molecule has 0 radical (unpaired) electrons. The Morgan fingerprint density at radius 2 is 2.29 bits per heavy atom. The molecule has 0 bridgehead atoms. The number of aromatic nitrogens is 3. The lowest BCUT2D eigenvalue weighted by molar-refractivity contribution is 0.281. The summed E-state index contributed by atoms with van der Waals surface area (Å²) in [6.07, 6.45) is 1.56. The normalized spacial score (nSPS) is 10.4. The Balaban J connectivity index is 2.22. The first kappa shape index (κ1) is 11.6. The molecule has 0 aliphatic heterocycles. The zero-order valence-corrected chi connectivity index (χ0v) is 9.57. The Morgan fingerprint density at radius 1 is 1.47 bits per heavy atom. The minimum Gasteiger partial charge on any atom is -0.392 e. The van der Waals surface area contributed by atoms with Crippen molar-refractivity contribution in [1.29, 1.82) is 0 Å². The maximum absolute atomic E-state index is 11.2. The molecular weight excluding hydrogens is 240 g/mol. The third-order valence-electron chi connectivity index (χ3n) is 1.92. The number of nitrogen functional groups attached to an aromatic ring is 1. The molecule has 17 heavy (non-hydrogen) atoms. The third kappa shape index (κ3) is 3.05. The van der Waals surface area contributed by atoms with Crippen LogP contribution in [0.1, 0.15) is 5.56 Å². The molecular formula is C10H10N4O2S. The van der Waals surface area contributed by atoms with Gasteiger partial charge in [0.25, 0.3) is 5.56 Å². The van der Waals surface area contributed by atoms with Gasteiger partial charge in [0, 0.05) is 12.3 Å². The Kier molecular flexibility index (Phi) is 3.40. The summed E-state index contributed by atoms with van der Waals surface area (Å²) in [5.41, 5.74) is 5.89. The number of nitrogens with zero attached hydrogens (tertiary/aromatic N) is 2. The van der Waals surface area contributed by atoms with Crippen LogP contribution >= 0.6 is 11.8 Å². The van der Waals surface area contributed by atoms with E-state index in [0.717, 1.165) is 5.56 Å². The van der Waals surface area contributed by atoms with Gasteiger partial charge in [-0.1, -0.05) is 6.07 Å². The molecule has 88 valence electrons. The molecule has 0 aliphatic carbocycles. The van der Waals surface area contributed by atoms with Crippen LogP contribution in [-0.4, -0.2) is 20.1 Å². The third-order valence-corrected chi connectivity index (χ3v) is 2.76. The van der Waals surface area contributed by atoms with Gasteiger partial charge in [-0.25, -0.2) is 9.97 Å². The molecule has 7 heteroatoms. The average Bonchev–Trinajstić information content (AvgIpc) is 2.28.